The molecule has 1 aliphatic carbocycles. The molecule has 108 valence electrons. The Bertz CT molecular complexity index is 459. The number of rotatable bonds is 6. The predicted octanol–water partition coefficient (Wildman–Crippen LogP) is 1.68. The van der Waals surface area contributed by atoms with Crippen LogP contribution in [0.3, 0.4) is 0 Å². The first-order valence-corrected chi connectivity index (χ1v) is 7.49. The van der Waals surface area contributed by atoms with Gasteiger partial charge < -0.3 is 10.4 Å². The van der Waals surface area contributed by atoms with Gasteiger partial charge in [-0.15, -0.1) is 0 Å². The quantitative estimate of drug-likeness (QED) is 0.829. The second-order valence-electron chi connectivity index (χ2n) is 5.92. The first kappa shape index (κ1) is 13.6. The molecule has 2 fully saturated rings. The van der Waals surface area contributed by atoms with Gasteiger partial charge in [-0.2, -0.15) is 0 Å². The number of hydrogen-bond acceptors (Lipinski definition) is 3. The fourth-order valence-corrected chi connectivity index (χ4v) is 3.04. The number of aliphatic carboxylic acids is 1. The van der Waals surface area contributed by atoms with Gasteiger partial charge in [-0.05, 0) is 24.8 Å². The van der Waals surface area contributed by atoms with E-state index in [1.165, 1.54) is 12.8 Å². The zero-order valence-corrected chi connectivity index (χ0v) is 11.7. The summed E-state index contributed by atoms with van der Waals surface area (Å²) >= 11 is 0. The normalized spacial score (nSPS) is 24.7. The summed E-state index contributed by atoms with van der Waals surface area (Å²) in [6.45, 7) is 2.75. The number of hydrogen-bond donors (Lipinski definition) is 2. The summed E-state index contributed by atoms with van der Waals surface area (Å²) in [5, 5.41) is 12.9. The summed E-state index contributed by atoms with van der Waals surface area (Å²) in [4.78, 5) is 14.0. The fourth-order valence-electron chi connectivity index (χ4n) is 3.04. The molecular formula is C16H22N2O2. The van der Waals surface area contributed by atoms with Gasteiger partial charge in [0.2, 0.25) is 0 Å². The first-order chi connectivity index (χ1) is 9.74. The number of carbonyl (C=O) groups is 1. The molecule has 1 aliphatic heterocycles. The van der Waals surface area contributed by atoms with Crippen LogP contribution < -0.4 is 5.32 Å². The molecule has 4 nitrogen and oxygen atoms in total. The molecule has 2 unspecified atom stereocenters. The van der Waals surface area contributed by atoms with Gasteiger partial charge in [0.1, 0.15) is 0 Å². The molecule has 0 aromatic heterocycles. The van der Waals surface area contributed by atoms with Crippen LogP contribution in [0.2, 0.25) is 0 Å². The number of carboxylic acids is 1. The number of likely N-dealkylation sites (tertiary alicyclic amines) is 1. The molecule has 1 saturated carbocycles. The van der Waals surface area contributed by atoms with Crippen molar-refractivity contribution in [3.05, 3.63) is 35.9 Å². The van der Waals surface area contributed by atoms with E-state index in [4.69, 9.17) is 0 Å². The summed E-state index contributed by atoms with van der Waals surface area (Å²) < 4.78 is 0. The maximum absolute atomic E-state index is 11.4. The minimum atomic E-state index is -0.749. The minimum absolute atomic E-state index is 0.446. The first-order valence-electron chi connectivity index (χ1n) is 7.49. The van der Waals surface area contributed by atoms with Crippen LogP contribution in [0.1, 0.15) is 30.7 Å². The Labute approximate surface area is 119 Å². The smallest absolute Gasteiger partial charge is 0.312 e. The van der Waals surface area contributed by atoms with Gasteiger partial charge in [0.25, 0.3) is 0 Å². The van der Waals surface area contributed by atoms with E-state index in [1.807, 2.05) is 30.3 Å². The van der Waals surface area contributed by atoms with Gasteiger partial charge in [-0.1, -0.05) is 30.3 Å². The Balaban J connectivity index is 1.54. The van der Waals surface area contributed by atoms with E-state index in [-0.39, 0.29) is 0 Å². The highest BCUT2D eigenvalue weighted by Gasteiger charge is 2.34. The highest BCUT2D eigenvalue weighted by Crippen LogP contribution is 2.29. The van der Waals surface area contributed by atoms with E-state index in [0.717, 1.165) is 31.1 Å². The lowest BCUT2D eigenvalue weighted by molar-refractivity contribution is -0.138. The third-order valence-corrected chi connectivity index (χ3v) is 4.39. The second kappa shape index (κ2) is 5.94. The minimum Gasteiger partial charge on any atom is -0.481 e. The maximum Gasteiger partial charge on any atom is 0.312 e. The predicted molar refractivity (Wildman–Crippen MR) is 77.8 cm³/mol. The highest BCUT2D eigenvalue weighted by molar-refractivity contribution is 5.76. The SMILES string of the molecule is O=C(O)C(CNC1CCN(C2CC2)C1)c1ccccc1. The Kier molecular flexibility index (Phi) is 4.03. The molecule has 0 spiro atoms. The zero-order chi connectivity index (χ0) is 13.9. The van der Waals surface area contributed by atoms with E-state index >= 15 is 0 Å². The molecule has 1 heterocycles. The zero-order valence-electron chi connectivity index (χ0n) is 11.7. The number of nitrogens with one attached hydrogen (secondary N) is 1. The molecule has 3 rings (SSSR count). The third-order valence-electron chi connectivity index (χ3n) is 4.39. The van der Waals surface area contributed by atoms with Crippen molar-refractivity contribution in [2.45, 2.75) is 37.3 Å². The van der Waals surface area contributed by atoms with Crippen molar-refractivity contribution in [3.63, 3.8) is 0 Å². The van der Waals surface area contributed by atoms with Crippen molar-refractivity contribution < 1.29 is 9.90 Å². The summed E-state index contributed by atoms with van der Waals surface area (Å²) in [5.74, 6) is -1.20. The monoisotopic (exact) mass is 274 g/mol. The molecule has 1 aromatic rings. The number of nitrogens with zero attached hydrogens (tertiary/aromatic N) is 1. The van der Waals surface area contributed by atoms with Crippen molar-refractivity contribution in [2.24, 2.45) is 0 Å². The largest absolute Gasteiger partial charge is 0.481 e. The van der Waals surface area contributed by atoms with Crippen molar-refractivity contribution in [2.75, 3.05) is 19.6 Å². The lowest BCUT2D eigenvalue weighted by Gasteiger charge is -2.19. The summed E-state index contributed by atoms with van der Waals surface area (Å²) in [6.07, 6.45) is 3.82. The van der Waals surface area contributed by atoms with Crippen LogP contribution in [0.25, 0.3) is 0 Å². The Morgan fingerprint density at radius 1 is 1.30 bits per heavy atom. The van der Waals surface area contributed by atoms with Crippen LogP contribution in [0.15, 0.2) is 30.3 Å². The van der Waals surface area contributed by atoms with E-state index in [1.54, 1.807) is 0 Å². The molecule has 2 atom stereocenters. The second-order valence-corrected chi connectivity index (χ2v) is 5.92. The van der Waals surface area contributed by atoms with E-state index < -0.39 is 11.9 Å². The Morgan fingerprint density at radius 2 is 2.05 bits per heavy atom. The Hall–Kier alpha value is -1.39. The Morgan fingerprint density at radius 3 is 2.70 bits per heavy atom. The van der Waals surface area contributed by atoms with E-state index in [9.17, 15) is 9.90 Å². The molecule has 0 amide bonds. The molecule has 1 aromatic carbocycles. The molecule has 20 heavy (non-hydrogen) atoms. The highest BCUT2D eigenvalue weighted by atomic mass is 16.4. The maximum atomic E-state index is 11.4. The number of carboxylic acid groups (broad SMARTS) is 1. The van der Waals surface area contributed by atoms with E-state index in [0.29, 0.717) is 12.6 Å². The van der Waals surface area contributed by atoms with Crippen LogP contribution in [0, 0.1) is 0 Å². The molecule has 2 N–H and O–H groups in total. The fraction of sp³-hybridized carbons (Fsp3) is 0.562. The third kappa shape index (κ3) is 3.19. The molecule has 2 aliphatic rings. The van der Waals surface area contributed by atoms with Gasteiger partial charge in [-0.25, -0.2) is 0 Å². The molecule has 4 heteroatoms. The van der Waals surface area contributed by atoms with Crippen LogP contribution in [-0.4, -0.2) is 47.7 Å². The summed E-state index contributed by atoms with van der Waals surface area (Å²) in [6, 6.07) is 10.8. The van der Waals surface area contributed by atoms with Gasteiger partial charge >= 0.3 is 5.97 Å². The van der Waals surface area contributed by atoms with Gasteiger partial charge in [-0.3, -0.25) is 9.69 Å². The van der Waals surface area contributed by atoms with Crippen molar-refractivity contribution in [1.82, 2.24) is 10.2 Å². The van der Waals surface area contributed by atoms with Gasteiger partial charge in [0, 0.05) is 31.7 Å². The van der Waals surface area contributed by atoms with Crippen molar-refractivity contribution in [3.8, 4) is 0 Å². The van der Waals surface area contributed by atoms with E-state index in [2.05, 4.69) is 10.2 Å². The van der Waals surface area contributed by atoms with Gasteiger partial charge in [0.15, 0.2) is 0 Å². The van der Waals surface area contributed by atoms with Crippen molar-refractivity contribution >= 4 is 5.97 Å². The van der Waals surface area contributed by atoms with Crippen molar-refractivity contribution in [1.29, 1.82) is 0 Å². The standard InChI is InChI=1S/C16H22N2O2/c19-16(20)15(12-4-2-1-3-5-12)10-17-13-8-9-18(11-13)14-6-7-14/h1-5,13-15,17H,6-11H2,(H,19,20). The molecule has 1 saturated heterocycles. The lowest BCUT2D eigenvalue weighted by atomic mass is 9.99. The van der Waals surface area contributed by atoms with Crippen LogP contribution in [-0.2, 0) is 4.79 Å². The average molecular weight is 274 g/mol. The lowest BCUT2D eigenvalue weighted by Crippen LogP contribution is -2.37. The summed E-state index contributed by atoms with van der Waals surface area (Å²) in [5.41, 5.74) is 0.879. The van der Waals surface area contributed by atoms with Gasteiger partial charge in [0.05, 0.1) is 5.92 Å². The molecule has 0 radical (unpaired) electrons. The van der Waals surface area contributed by atoms with Crippen LogP contribution >= 0.6 is 0 Å². The molecular weight excluding hydrogens is 252 g/mol. The molecule has 0 bridgehead atoms. The van der Waals surface area contributed by atoms with Crippen LogP contribution in [0.5, 0.6) is 0 Å². The topological polar surface area (TPSA) is 52.6 Å². The number of benzene rings is 1. The van der Waals surface area contributed by atoms with Crippen LogP contribution in [0.4, 0.5) is 0 Å². The summed E-state index contributed by atoms with van der Waals surface area (Å²) in [7, 11) is 0. The average Bonchev–Trinajstić information content (AvgIpc) is 3.20.